The minimum Gasteiger partial charge on any atom is -0.478 e. The molecule has 2 rings (SSSR count). The number of piperidine rings is 1. The first-order valence-electron chi connectivity index (χ1n) is 8.25. The Hall–Kier alpha value is -1.63. The molecule has 0 spiro atoms. The molecule has 0 bridgehead atoms. The van der Waals surface area contributed by atoms with E-state index < -0.39 is 0 Å². The van der Waals surface area contributed by atoms with Gasteiger partial charge in [-0.1, -0.05) is 13.0 Å². The van der Waals surface area contributed by atoms with Crippen LogP contribution in [-0.2, 0) is 0 Å². The summed E-state index contributed by atoms with van der Waals surface area (Å²) in [6.45, 7) is 5.31. The highest BCUT2D eigenvalue weighted by molar-refractivity contribution is 5.94. The number of ether oxygens (including phenoxy) is 1. The summed E-state index contributed by atoms with van der Waals surface area (Å²) >= 11 is 0. The maximum Gasteiger partial charge on any atom is 0.253 e. The molecule has 1 amide bonds. The highest BCUT2D eigenvalue weighted by Gasteiger charge is 2.21. The molecule has 1 aliphatic heterocycles. The molecule has 1 aliphatic rings. The van der Waals surface area contributed by atoms with E-state index in [4.69, 9.17) is 15.6 Å². The SMILES string of the molecule is CCN(CCO)COc1cccc(C(=O)N2CCC(N)CC2)c1. The first-order chi connectivity index (χ1) is 11.1. The molecule has 0 atom stereocenters. The molecule has 1 aromatic carbocycles. The molecule has 0 unspecified atom stereocenters. The number of likely N-dealkylation sites (N-methyl/N-ethyl adjacent to an activating group) is 1. The molecule has 3 N–H and O–H groups in total. The van der Waals surface area contributed by atoms with Crippen molar-refractivity contribution in [2.75, 3.05) is 39.5 Å². The van der Waals surface area contributed by atoms with E-state index in [1.807, 2.05) is 34.9 Å². The fraction of sp³-hybridized carbons (Fsp3) is 0.588. The van der Waals surface area contributed by atoms with Crippen LogP contribution in [0.2, 0.25) is 0 Å². The minimum absolute atomic E-state index is 0.0325. The maximum atomic E-state index is 12.5. The maximum absolute atomic E-state index is 12.5. The van der Waals surface area contributed by atoms with E-state index >= 15 is 0 Å². The Labute approximate surface area is 137 Å². The van der Waals surface area contributed by atoms with Gasteiger partial charge in [-0.3, -0.25) is 9.69 Å². The fourth-order valence-corrected chi connectivity index (χ4v) is 2.63. The van der Waals surface area contributed by atoms with Crippen molar-refractivity contribution >= 4 is 5.91 Å². The predicted molar refractivity (Wildman–Crippen MR) is 89.4 cm³/mol. The molecule has 0 aliphatic carbocycles. The van der Waals surface area contributed by atoms with Gasteiger partial charge in [0.25, 0.3) is 5.91 Å². The van der Waals surface area contributed by atoms with Gasteiger partial charge in [-0.2, -0.15) is 0 Å². The van der Waals surface area contributed by atoms with Crippen LogP contribution in [0.4, 0.5) is 0 Å². The second-order valence-corrected chi connectivity index (χ2v) is 5.87. The quantitative estimate of drug-likeness (QED) is 0.730. The summed E-state index contributed by atoms with van der Waals surface area (Å²) in [5.74, 6) is 0.700. The molecule has 0 aromatic heterocycles. The Kier molecular flexibility index (Phi) is 6.83. The predicted octanol–water partition coefficient (Wildman–Crippen LogP) is 0.900. The number of carbonyl (C=O) groups excluding carboxylic acids is 1. The highest BCUT2D eigenvalue weighted by Crippen LogP contribution is 2.17. The van der Waals surface area contributed by atoms with Crippen molar-refractivity contribution in [2.45, 2.75) is 25.8 Å². The molecule has 0 saturated carbocycles. The number of aliphatic hydroxyl groups excluding tert-OH is 1. The second-order valence-electron chi connectivity index (χ2n) is 5.87. The third kappa shape index (κ3) is 5.20. The number of hydrogen-bond donors (Lipinski definition) is 2. The van der Waals surface area contributed by atoms with Crippen molar-refractivity contribution < 1.29 is 14.6 Å². The normalized spacial score (nSPS) is 15.9. The zero-order valence-electron chi connectivity index (χ0n) is 13.8. The average Bonchev–Trinajstić information content (AvgIpc) is 2.59. The van der Waals surface area contributed by atoms with Crippen molar-refractivity contribution in [1.82, 2.24) is 9.80 Å². The van der Waals surface area contributed by atoms with Gasteiger partial charge in [0.2, 0.25) is 0 Å². The molecule has 1 aromatic rings. The van der Waals surface area contributed by atoms with Gasteiger partial charge in [0, 0.05) is 31.2 Å². The van der Waals surface area contributed by atoms with E-state index in [1.54, 1.807) is 6.07 Å². The van der Waals surface area contributed by atoms with Crippen LogP contribution in [-0.4, -0.2) is 66.4 Å². The van der Waals surface area contributed by atoms with E-state index in [0.717, 1.165) is 19.4 Å². The highest BCUT2D eigenvalue weighted by atomic mass is 16.5. The van der Waals surface area contributed by atoms with Crippen molar-refractivity contribution in [1.29, 1.82) is 0 Å². The van der Waals surface area contributed by atoms with E-state index in [1.165, 1.54) is 0 Å². The van der Waals surface area contributed by atoms with Crippen molar-refractivity contribution in [3.05, 3.63) is 29.8 Å². The summed E-state index contributed by atoms with van der Waals surface area (Å²) in [6, 6.07) is 7.48. The van der Waals surface area contributed by atoms with Crippen LogP contribution in [0.25, 0.3) is 0 Å². The molecule has 1 saturated heterocycles. The Morgan fingerprint density at radius 3 is 2.83 bits per heavy atom. The van der Waals surface area contributed by atoms with E-state index in [0.29, 0.717) is 37.7 Å². The summed E-state index contributed by atoms with van der Waals surface area (Å²) in [5, 5.41) is 8.99. The summed E-state index contributed by atoms with van der Waals surface area (Å²) < 4.78 is 5.73. The Morgan fingerprint density at radius 2 is 2.17 bits per heavy atom. The molecule has 6 nitrogen and oxygen atoms in total. The Morgan fingerprint density at radius 1 is 1.43 bits per heavy atom. The van der Waals surface area contributed by atoms with Crippen LogP contribution >= 0.6 is 0 Å². The number of benzene rings is 1. The number of aliphatic hydroxyl groups is 1. The van der Waals surface area contributed by atoms with Crippen LogP contribution in [0.5, 0.6) is 5.75 Å². The molecule has 1 heterocycles. The van der Waals surface area contributed by atoms with Crippen LogP contribution in [0.3, 0.4) is 0 Å². The summed E-state index contributed by atoms with van der Waals surface area (Å²) in [6.07, 6.45) is 1.71. The minimum atomic E-state index is 0.0325. The molecule has 1 fully saturated rings. The Balaban J connectivity index is 1.94. The van der Waals surface area contributed by atoms with Gasteiger partial charge in [0.1, 0.15) is 12.5 Å². The first kappa shape index (κ1) is 17.7. The summed E-state index contributed by atoms with van der Waals surface area (Å²) in [4.78, 5) is 16.4. The number of nitrogens with zero attached hydrogens (tertiary/aromatic N) is 2. The largest absolute Gasteiger partial charge is 0.478 e. The topological polar surface area (TPSA) is 79.0 Å². The summed E-state index contributed by atoms with van der Waals surface area (Å²) in [7, 11) is 0. The van der Waals surface area contributed by atoms with Crippen LogP contribution in [0.1, 0.15) is 30.1 Å². The van der Waals surface area contributed by atoms with Gasteiger partial charge in [-0.05, 0) is 37.6 Å². The lowest BCUT2D eigenvalue weighted by atomic mass is 10.0. The Bertz CT molecular complexity index is 502. The standard InChI is InChI=1S/C17H27N3O3/c1-2-19(10-11-21)13-23-16-5-3-4-14(12-16)17(22)20-8-6-15(18)7-9-20/h3-5,12,15,21H,2,6-11,13,18H2,1H3. The van der Waals surface area contributed by atoms with Gasteiger partial charge < -0.3 is 20.5 Å². The molecule has 23 heavy (non-hydrogen) atoms. The fourth-order valence-electron chi connectivity index (χ4n) is 2.63. The molecule has 0 radical (unpaired) electrons. The number of amides is 1. The van der Waals surface area contributed by atoms with Crippen LogP contribution in [0.15, 0.2) is 24.3 Å². The number of rotatable bonds is 7. The van der Waals surface area contributed by atoms with Gasteiger partial charge >= 0.3 is 0 Å². The number of nitrogens with two attached hydrogens (primary N) is 1. The monoisotopic (exact) mass is 321 g/mol. The first-order valence-corrected chi connectivity index (χ1v) is 8.25. The van der Waals surface area contributed by atoms with E-state index in [9.17, 15) is 4.79 Å². The smallest absolute Gasteiger partial charge is 0.253 e. The lowest BCUT2D eigenvalue weighted by Gasteiger charge is -2.30. The van der Waals surface area contributed by atoms with Crippen LogP contribution < -0.4 is 10.5 Å². The van der Waals surface area contributed by atoms with Crippen molar-refractivity contribution in [3.63, 3.8) is 0 Å². The van der Waals surface area contributed by atoms with Gasteiger partial charge in [-0.15, -0.1) is 0 Å². The molecule has 6 heteroatoms. The van der Waals surface area contributed by atoms with Crippen LogP contribution in [0, 0.1) is 0 Å². The number of hydrogen-bond acceptors (Lipinski definition) is 5. The second kappa shape index (κ2) is 8.86. The third-order valence-electron chi connectivity index (χ3n) is 4.19. The molecule has 128 valence electrons. The molecular weight excluding hydrogens is 294 g/mol. The number of likely N-dealkylation sites (tertiary alicyclic amines) is 1. The zero-order valence-corrected chi connectivity index (χ0v) is 13.8. The van der Waals surface area contributed by atoms with Crippen molar-refractivity contribution in [2.24, 2.45) is 5.73 Å². The van der Waals surface area contributed by atoms with E-state index in [-0.39, 0.29) is 18.6 Å². The summed E-state index contributed by atoms with van der Waals surface area (Å²) in [5.41, 5.74) is 6.53. The lowest BCUT2D eigenvalue weighted by Crippen LogP contribution is -2.42. The average molecular weight is 321 g/mol. The van der Waals surface area contributed by atoms with Crippen molar-refractivity contribution in [3.8, 4) is 5.75 Å². The third-order valence-corrected chi connectivity index (χ3v) is 4.19. The van der Waals surface area contributed by atoms with Gasteiger partial charge in [-0.25, -0.2) is 0 Å². The zero-order chi connectivity index (χ0) is 16.7. The molecular formula is C17H27N3O3. The number of carbonyl (C=O) groups is 1. The van der Waals surface area contributed by atoms with Gasteiger partial charge in [0.15, 0.2) is 0 Å². The lowest BCUT2D eigenvalue weighted by molar-refractivity contribution is 0.0713. The van der Waals surface area contributed by atoms with E-state index in [2.05, 4.69) is 0 Å². The van der Waals surface area contributed by atoms with Gasteiger partial charge in [0.05, 0.1) is 6.61 Å².